The normalized spacial score (nSPS) is 16.8. The number of carboxylic acids is 1. The lowest BCUT2D eigenvalue weighted by Gasteiger charge is -2.19. The summed E-state index contributed by atoms with van der Waals surface area (Å²) in [5.41, 5.74) is 1.32. The second kappa shape index (κ2) is 6.70. The number of carboxylic acid groups (broad SMARTS) is 1. The Labute approximate surface area is 138 Å². The monoisotopic (exact) mass is 329 g/mol. The summed E-state index contributed by atoms with van der Waals surface area (Å²) in [6, 6.07) is 11.9. The molecule has 0 radical (unpaired) electrons. The molecule has 0 saturated carbocycles. The lowest BCUT2D eigenvalue weighted by Crippen LogP contribution is -2.34. The van der Waals surface area contributed by atoms with Crippen LogP contribution in [0.2, 0.25) is 0 Å². The number of fused-ring (bicyclic) bond motifs is 1. The molecule has 0 spiro atoms. The van der Waals surface area contributed by atoms with E-state index in [2.05, 4.69) is 5.32 Å². The molecule has 1 aliphatic heterocycles. The van der Waals surface area contributed by atoms with Crippen LogP contribution in [-0.2, 0) is 9.59 Å². The minimum Gasteiger partial charge on any atom is -0.492 e. The number of rotatable bonds is 5. The van der Waals surface area contributed by atoms with Gasteiger partial charge in [-0.25, -0.2) is 4.39 Å². The standard InChI is InChI=1S/C18H16FNO4/c19-12-7-5-11(6-8-12)15(9-17(21)22)20-18(23)14-10-24-16-4-2-1-3-13(14)16/h1-8,14-15H,9-10H2,(H,20,23)(H,21,22)/t14-,15-/m1/s1. The Morgan fingerprint density at radius 3 is 2.62 bits per heavy atom. The number of halogens is 1. The van der Waals surface area contributed by atoms with Crippen molar-refractivity contribution in [3.63, 3.8) is 0 Å². The first kappa shape index (κ1) is 16.0. The summed E-state index contributed by atoms with van der Waals surface area (Å²) >= 11 is 0. The highest BCUT2D eigenvalue weighted by Crippen LogP contribution is 2.34. The quantitative estimate of drug-likeness (QED) is 0.884. The number of nitrogens with one attached hydrogen (secondary N) is 1. The van der Waals surface area contributed by atoms with Gasteiger partial charge < -0.3 is 15.2 Å². The van der Waals surface area contributed by atoms with Gasteiger partial charge in [0.2, 0.25) is 5.91 Å². The number of hydrogen-bond acceptors (Lipinski definition) is 3. The number of benzene rings is 2. The van der Waals surface area contributed by atoms with Crippen molar-refractivity contribution < 1.29 is 23.8 Å². The number of ether oxygens (including phenoxy) is 1. The van der Waals surface area contributed by atoms with Gasteiger partial charge in [-0.2, -0.15) is 0 Å². The highest BCUT2D eigenvalue weighted by atomic mass is 19.1. The first-order valence-electron chi connectivity index (χ1n) is 7.54. The van der Waals surface area contributed by atoms with E-state index in [9.17, 15) is 14.0 Å². The topological polar surface area (TPSA) is 75.6 Å². The summed E-state index contributed by atoms with van der Waals surface area (Å²) < 4.78 is 18.6. The van der Waals surface area contributed by atoms with Gasteiger partial charge in [0.1, 0.15) is 24.1 Å². The van der Waals surface area contributed by atoms with Crippen LogP contribution in [0.1, 0.15) is 29.5 Å². The molecule has 2 aromatic carbocycles. The number of carbonyl (C=O) groups is 2. The van der Waals surface area contributed by atoms with Gasteiger partial charge in [-0.15, -0.1) is 0 Å². The number of hydrogen-bond donors (Lipinski definition) is 2. The first-order valence-corrected chi connectivity index (χ1v) is 7.54. The van der Waals surface area contributed by atoms with E-state index >= 15 is 0 Å². The van der Waals surface area contributed by atoms with Gasteiger partial charge in [0.15, 0.2) is 0 Å². The Balaban J connectivity index is 1.79. The fourth-order valence-corrected chi connectivity index (χ4v) is 2.77. The molecule has 24 heavy (non-hydrogen) atoms. The van der Waals surface area contributed by atoms with Crippen LogP contribution < -0.4 is 10.1 Å². The molecule has 0 saturated heterocycles. The Morgan fingerprint density at radius 2 is 1.92 bits per heavy atom. The smallest absolute Gasteiger partial charge is 0.305 e. The van der Waals surface area contributed by atoms with Crippen molar-refractivity contribution in [2.75, 3.05) is 6.61 Å². The second-order valence-corrected chi connectivity index (χ2v) is 5.61. The zero-order valence-electron chi connectivity index (χ0n) is 12.7. The van der Waals surface area contributed by atoms with Crippen LogP contribution in [0.3, 0.4) is 0 Å². The first-order chi connectivity index (χ1) is 11.5. The van der Waals surface area contributed by atoms with Gasteiger partial charge in [0.25, 0.3) is 0 Å². The Morgan fingerprint density at radius 1 is 1.21 bits per heavy atom. The van der Waals surface area contributed by atoms with Gasteiger partial charge in [-0.05, 0) is 23.8 Å². The lowest BCUT2D eigenvalue weighted by molar-refractivity contribution is -0.137. The molecule has 1 heterocycles. The Hall–Kier alpha value is -2.89. The third kappa shape index (κ3) is 3.37. The molecular weight excluding hydrogens is 313 g/mol. The Bertz CT molecular complexity index is 760. The van der Waals surface area contributed by atoms with Crippen molar-refractivity contribution in [3.05, 3.63) is 65.5 Å². The minimum atomic E-state index is -1.05. The van der Waals surface area contributed by atoms with E-state index in [1.807, 2.05) is 18.2 Å². The predicted octanol–water partition coefficient (Wildman–Crippen LogP) is 2.63. The summed E-state index contributed by atoms with van der Waals surface area (Å²) in [5.74, 6) is -1.60. The largest absolute Gasteiger partial charge is 0.492 e. The van der Waals surface area contributed by atoms with E-state index in [4.69, 9.17) is 9.84 Å². The van der Waals surface area contributed by atoms with E-state index in [1.165, 1.54) is 24.3 Å². The number of amides is 1. The van der Waals surface area contributed by atoms with E-state index in [-0.39, 0.29) is 18.9 Å². The fraction of sp³-hybridized carbons (Fsp3) is 0.222. The summed E-state index contributed by atoms with van der Waals surface area (Å²) in [6.45, 7) is 0.217. The molecule has 2 aromatic rings. The summed E-state index contributed by atoms with van der Waals surface area (Å²) in [5, 5.41) is 11.8. The fourth-order valence-electron chi connectivity index (χ4n) is 2.77. The molecule has 0 unspecified atom stereocenters. The Kier molecular flexibility index (Phi) is 4.46. The molecule has 0 aliphatic carbocycles. The average molecular weight is 329 g/mol. The van der Waals surface area contributed by atoms with Crippen LogP contribution in [0.15, 0.2) is 48.5 Å². The van der Waals surface area contributed by atoms with Crippen LogP contribution in [0.4, 0.5) is 4.39 Å². The van der Waals surface area contributed by atoms with Crippen molar-refractivity contribution >= 4 is 11.9 Å². The molecule has 6 heteroatoms. The number of para-hydroxylation sites is 1. The number of carbonyl (C=O) groups excluding carboxylic acids is 1. The van der Waals surface area contributed by atoms with Gasteiger partial charge in [0, 0.05) is 5.56 Å². The highest BCUT2D eigenvalue weighted by molar-refractivity contribution is 5.86. The maximum atomic E-state index is 13.1. The zero-order valence-corrected chi connectivity index (χ0v) is 12.7. The molecule has 5 nitrogen and oxygen atoms in total. The predicted molar refractivity (Wildman–Crippen MR) is 84.2 cm³/mol. The van der Waals surface area contributed by atoms with Gasteiger partial charge in [-0.1, -0.05) is 30.3 Å². The maximum absolute atomic E-state index is 13.1. The van der Waals surface area contributed by atoms with Crippen LogP contribution in [-0.4, -0.2) is 23.6 Å². The van der Waals surface area contributed by atoms with Crippen LogP contribution in [0, 0.1) is 5.82 Å². The lowest BCUT2D eigenvalue weighted by atomic mass is 9.98. The molecule has 2 atom stereocenters. The molecule has 1 aliphatic rings. The van der Waals surface area contributed by atoms with Crippen molar-refractivity contribution in [2.24, 2.45) is 0 Å². The second-order valence-electron chi connectivity index (χ2n) is 5.61. The van der Waals surface area contributed by atoms with Gasteiger partial charge >= 0.3 is 5.97 Å². The average Bonchev–Trinajstić information content (AvgIpc) is 2.98. The SMILES string of the molecule is O=C(O)C[C@@H](NC(=O)[C@@H]1COc2ccccc21)c1ccc(F)cc1. The summed E-state index contributed by atoms with van der Waals surface area (Å²) in [7, 11) is 0. The van der Waals surface area contributed by atoms with Crippen molar-refractivity contribution in [1.82, 2.24) is 5.32 Å². The molecular formula is C18H16FNO4. The summed E-state index contributed by atoms with van der Waals surface area (Å²) in [6.07, 6.45) is -0.285. The molecule has 124 valence electrons. The molecule has 0 aromatic heterocycles. The summed E-state index contributed by atoms with van der Waals surface area (Å²) in [4.78, 5) is 23.7. The minimum absolute atomic E-state index is 0.217. The van der Waals surface area contributed by atoms with E-state index in [1.54, 1.807) is 6.07 Å². The highest BCUT2D eigenvalue weighted by Gasteiger charge is 2.31. The third-order valence-electron chi connectivity index (χ3n) is 3.98. The molecule has 0 bridgehead atoms. The molecule has 3 rings (SSSR count). The van der Waals surface area contributed by atoms with Crippen molar-refractivity contribution in [3.8, 4) is 5.75 Å². The van der Waals surface area contributed by atoms with Gasteiger partial charge in [-0.3, -0.25) is 9.59 Å². The molecule has 2 N–H and O–H groups in total. The number of aliphatic carboxylic acids is 1. The van der Waals surface area contributed by atoms with Crippen molar-refractivity contribution in [2.45, 2.75) is 18.4 Å². The molecule has 1 amide bonds. The maximum Gasteiger partial charge on any atom is 0.305 e. The van der Waals surface area contributed by atoms with E-state index < -0.39 is 23.7 Å². The third-order valence-corrected chi connectivity index (χ3v) is 3.98. The van der Waals surface area contributed by atoms with Crippen molar-refractivity contribution in [1.29, 1.82) is 0 Å². The van der Waals surface area contributed by atoms with Crippen LogP contribution >= 0.6 is 0 Å². The van der Waals surface area contributed by atoms with Crippen LogP contribution in [0.5, 0.6) is 5.75 Å². The van der Waals surface area contributed by atoms with Crippen LogP contribution in [0.25, 0.3) is 0 Å². The molecule has 0 fully saturated rings. The van der Waals surface area contributed by atoms with E-state index in [0.717, 1.165) is 5.56 Å². The van der Waals surface area contributed by atoms with Gasteiger partial charge in [0.05, 0.1) is 12.5 Å². The van der Waals surface area contributed by atoms with E-state index in [0.29, 0.717) is 11.3 Å². The zero-order chi connectivity index (χ0) is 17.1.